The molecule has 0 spiro atoms. The van der Waals surface area contributed by atoms with Crippen LogP contribution in [0.1, 0.15) is 24.8 Å². The van der Waals surface area contributed by atoms with Gasteiger partial charge in [-0.2, -0.15) is 0 Å². The molecule has 1 aromatic heterocycles. The van der Waals surface area contributed by atoms with Gasteiger partial charge in [0.15, 0.2) is 0 Å². The minimum atomic E-state index is -0.0661. The quantitative estimate of drug-likeness (QED) is 0.776. The molecule has 0 bridgehead atoms. The Bertz CT molecular complexity index is 594. The first-order chi connectivity index (χ1) is 8.79. The predicted octanol–water partition coefficient (Wildman–Crippen LogP) is 2.90. The van der Waals surface area contributed by atoms with Crippen molar-refractivity contribution in [2.24, 2.45) is 5.92 Å². The van der Waals surface area contributed by atoms with Gasteiger partial charge in [0, 0.05) is 11.6 Å². The van der Waals surface area contributed by atoms with E-state index in [0.29, 0.717) is 12.5 Å². The van der Waals surface area contributed by atoms with Gasteiger partial charge in [0.2, 0.25) is 0 Å². The minimum Gasteiger partial charge on any atom is -0.466 e. The Balaban J connectivity index is 1.82. The molecule has 1 saturated carbocycles. The van der Waals surface area contributed by atoms with Crippen LogP contribution >= 0.6 is 0 Å². The van der Waals surface area contributed by atoms with Crippen LogP contribution < -0.4 is 0 Å². The summed E-state index contributed by atoms with van der Waals surface area (Å²) in [5.74, 6) is 0.296. The molecule has 0 saturated heterocycles. The Hall–Kier alpha value is -1.90. The zero-order chi connectivity index (χ0) is 12.5. The molecular formula is C15H15NO2. The molecule has 2 unspecified atom stereocenters. The largest absolute Gasteiger partial charge is 0.466 e. The molecule has 0 amide bonds. The van der Waals surface area contributed by atoms with Gasteiger partial charge in [-0.3, -0.25) is 9.78 Å². The summed E-state index contributed by atoms with van der Waals surface area (Å²) in [6.45, 7) is 2.30. The number of nitrogens with zero attached hydrogens (tertiary/aromatic N) is 1. The number of benzene rings is 1. The summed E-state index contributed by atoms with van der Waals surface area (Å²) in [7, 11) is 0. The van der Waals surface area contributed by atoms with Gasteiger partial charge >= 0.3 is 5.97 Å². The van der Waals surface area contributed by atoms with Gasteiger partial charge in [0.1, 0.15) is 0 Å². The maximum Gasteiger partial charge on any atom is 0.309 e. The fourth-order valence-corrected chi connectivity index (χ4v) is 2.39. The first-order valence-electron chi connectivity index (χ1n) is 6.31. The number of rotatable bonds is 3. The Labute approximate surface area is 106 Å². The lowest BCUT2D eigenvalue weighted by atomic mass is 10.1. The number of pyridine rings is 1. The summed E-state index contributed by atoms with van der Waals surface area (Å²) >= 11 is 0. The summed E-state index contributed by atoms with van der Waals surface area (Å²) in [6.07, 6.45) is 2.69. The molecule has 3 nitrogen and oxygen atoms in total. The van der Waals surface area contributed by atoms with E-state index in [1.54, 1.807) is 6.20 Å². The molecule has 18 heavy (non-hydrogen) atoms. The maximum atomic E-state index is 11.6. The molecule has 0 radical (unpaired) electrons. The topological polar surface area (TPSA) is 39.2 Å². The van der Waals surface area contributed by atoms with Crippen molar-refractivity contribution in [3.63, 3.8) is 0 Å². The van der Waals surface area contributed by atoms with E-state index in [2.05, 4.69) is 23.2 Å². The number of carbonyl (C=O) groups is 1. The second-order valence-corrected chi connectivity index (χ2v) is 4.66. The molecule has 1 aliphatic rings. The first-order valence-corrected chi connectivity index (χ1v) is 6.31. The zero-order valence-corrected chi connectivity index (χ0v) is 10.3. The van der Waals surface area contributed by atoms with Gasteiger partial charge in [-0.1, -0.05) is 18.2 Å². The van der Waals surface area contributed by atoms with Crippen molar-refractivity contribution in [2.45, 2.75) is 19.3 Å². The van der Waals surface area contributed by atoms with Crippen LogP contribution in [-0.4, -0.2) is 17.6 Å². The summed E-state index contributed by atoms with van der Waals surface area (Å²) in [4.78, 5) is 16.0. The summed E-state index contributed by atoms with van der Waals surface area (Å²) in [6, 6.07) is 10.2. The van der Waals surface area contributed by atoms with E-state index in [4.69, 9.17) is 4.74 Å². The molecular weight excluding hydrogens is 226 g/mol. The van der Waals surface area contributed by atoms with Crippen molar-refractivity contribution < 1.29 is 9.53 Å². The fraction of sp³-hybridized carbons (Fsp3) is 0.333. The Morgan fingerprint density at radius 1 is 1.44 bits per heavy atom. The van der Waals surface area contributed by atoms with E-state index < -0.39 is 0 Å². The van der Waals surface area contributed by atoms with Crippen molar-refractivity contribution in [3.8, 4) is 0 Å². The third-order valence-electron chi connectivity index (χ3n) is 3.44. The van der Waals surface area contributed by atoms with E-state index in [0.717, 1.165) is 17.3 Å². The van der Waals surface area contributed by atoms with Crippen LogP contribution in [0.15, 0.2) is 36.5 Å². The van der Waals surface area contributed by atoms with Crippen LogP contribution in [0.5, 0.6) is 0 Å². The highest BCUT2D eigenvalue weighted by molar-refractivity contribution is 5.81. The molecule has 3 rings (SSSR count). The van der Waals surface area contributed by atoms with E-state index in [1.165, 1.54) is 5.56 Å². The third kappa shape index (κ3) is 1.96. The van der Waals surface area contributed by atoms with Crippen LogP contribution in [0.3, 0.4) is 0 Å². The molecule has 3 heteroatoms. The number of ether oxygens (including phenoxy) is 1. The van der Waals surface area contributed by atoms with Crippen molar-refractivity contribution >= 4 is 16.9 Å². The van der Waals surface area contributed by atoms with Crippen LogP contribution in [0.25, 0.3) is 10.9 Å². The number of hydrogen-bond acceptors (Lipinski definition) is 3. The van der Waals surface area contributed by atoms with E-state index in [9.17, 15) is 4.79 Å². The molecule has 92 valence electrons. The highest BCUT2D eigenvalue weighted by Crippen LogP contribution is 2.48. The number of carbonyl (C=O) groups excluding carboxylic acids is 1. The van der Waals surface area contributed by atoms with Gasteiger partial charge in [-0.15, -0.1) is 0 Å². The van der Waals surface area contributed by atoms with Gasteiger partial charge in [-0.25, -0.2) is 0 Å². The van der Waals surface area contributed by atoms with Gasteiger partial charge in [-0.05, 0) is 37.0 Å². The highest BCUT2D eigenvalue weighted by atomic mass is 16.5. The normalized spacial score (nSPS) is 21.8. The minimum absolute atomic E-state index is 0.0473. The summed E-state index contributed by atoms with van der Waals surface area (Å²) in [5.41, 5.74) is 2.18. The summed E-state index contributed by atoms with van der Waals surface area (Å²) < 4.78 is 5.05. The average Bonchev–Trinajstić information content (AvgIpc) is 3.19. The summed E-state index contributed by atoms with van der Waals surface area (Å²) in [5, 5.41) is 1.13. The van der Waals surface area contributed by atoms with Crippen molar-refractivity contribution in [1.82, 2.24) is 4.98 Å². The predicted molar refractivity (Wildman–Crippen MR) is 69.2 cm³/mol. The monoisotopic (exact) mass is 241 g/mol. The highest BCUT2D eigenvalue weighted by Gasteiger charge is 2.45. The number of hydrogen-bond donors (Lipinski definition) is 0. The smallest absolute Gasteiger partial charge is 0.309 e. The molecule has 1 fully saturated rings. The molecule has 1 heterocycles. The second-order valence-electron chi connectivity index (χ2n) is 4.66. The van der Waals surface area contributed by atoms with Crippen LogP contribution in [0, 0.1) is 5.92 Å². The standard InChI is InChI=1S/C15H15NO2/c1-2-18-15(17)13-9-12(13)11-6-5-10-4-3-7-16-14(10)8-11/h3-8,12-13H,2,9H2,1H3. The van der Waals surface area contributed by atoms with Crippen molar-refractivity contribution in [1.29, 1.82) is 0 Å². The lowest BCUT2D eigenvalue weighted by Gasteiger charge is -2.03. The van der Waals surface area contributed by atoms with Gasteiger partial charge < -0.3 is 4.74 Å². The molecule has 2 atom stereocenters. The average molecular weight is 241 g/mol. The second kappa shape index (κ2) is 4.41. The Morgan fingerprint density at radius 2 is 2.33 bits per heavy atom. The Kier molecular flexibility index (Phi) is 2.74. The SMILES string of the molecule is CCOC(=O)C1CC1c1ccc2cccnc2c1. The maximum absolute atomic E-state index is 11.6. The third-order valence-corrected chi connectivity index (χ3v) is 3.44. The van der Waals surface area contributed by atoms with E-state index in [-0.39, 0.29) is 11.9 Å². The molecule has 0 aliphatic heterocycles. The van der Waals surface area contributed by atoms with Gasteiger partial charge in [0.05, 0.1) is 18.0 Å². The molecule has 1 aromatic carbocycles. The van der Waals surface area contributed by atoms with Gasteiger partial charge in [0.25, 0.3) is 0 Å². The van der Waals surface area contributed by atoms with E-state index in [1.807, 2.05) is 19.1 Å². The Morgan fingerprint density at radius 3 is 3.17 bits per heavy atom. The van der Waals surface area contributed by atoms with Crippen LogP contribution in [0.2, 0.25) is 0 Å². The van der Waals surface area contributed by atoms with Crippen molar-refractivity contribution in [2.75, 3.05) is 6.61 Å². The number of aromatic nitrogens is 1. The fourth-order valence-electron chi connectivity index (χ4n) is 2.39. The van der Waals surface area contributed by atoms with Crippen LogP contribution in [-0.2, 0) is 9.53 Å². The van der Waals surface area contributed by atoms with Crippen molar-refractivity contribution in [3.05, 3.63) is 42.1 Å². The number of fused-ring (bicyclic) bond motifs is 1. The molecule has 2 aromatic rings. The first kappa shape index (κ1) is 11.2. The van der Waals surface area contributed by atoms with E-state index >= 15 is 0 Å². The molecule has 1 aliphatic carbocycles. The molecule has 0 N–H and O–H groups in total. The number of esters is 1. The lowest BCUT2D eigenvalue weighted by Crippen LogP contribution is -2.07. The zero-order valence-electron chi connectivity index (χ0n) is 10.3. The lowest BCUT2D eigenvalue weighted by molar-refractivity contribution is -0.144. The van der Waals surface area contributed by atoms with Crippen LogP contribution in [0.4, 0.5) is 0 Å².